The third kappa shape index (κ3) is 5.89. The summed E-state index contributed by atoms with van der Waals surface area (Å²) in [7, 11) is -2.77. The summed E-state index contributed by atoms with van der Waals surface area (Å²) in [5, 5.41) is 0.656. The molecule has 0 saturated carbocycles. The second kappa shape index (κ2) is 11.0. The second-order valence-corrected chi connectivity index (χ2v) is 8.66. The fourth-order valence-corrected chi connectivity index (χ4v) is 3.73. The molecule has 172 valence electrons. The molecule has 0 amide bonds. The Labute approximate surface area is 237 Å². The minimum atomic E-state index is -3.96. The van der Waals surface area contributed by atoms with Gasteiger partial charge in [-0.05, 0) is 42.3 Å². The fourth-order valence-electron chi connectivity index (χ4n) is 3.23. The van der Waals surface area contributed by atoms with Gasteiger partial charge in [-0.3, -0.25) is 4.72 Å². The van der Waals surface area contributed by atoms with Crippen molar-refractivity contribution >= 4 is 78.4 Å². The average molecular weight is 511 g/mol. The number of nitrogens with zero attached hydrogens (tertiary/aromatic N) is 2. The Morgan fingerprint density at radius 1 is 1.12 bits per heavy atom. The molecule has 0 aliphatic carbocycles. The van der Waals surface area contributed by atoms with E-state index in [0.717, 1.165) is 0 Å². The SMILES string of the molecule is CNS(=O)(=O)Nc1nccc(Cc2c(C)c3ccc(Oc4ccccn4)cc3oc2=O)c1F.[KH]. The number of aryl methyl sites for hydroxylation is 1. The molecule has 0 aliphatic rings. The number of benzene rings is 1. The Morgan fingerprint density at radius 2 is 1.91 bits per heavy atom. The van der Waals surface area contributed by atoms with Crippen molar-refractivity contribution < 1.29 is 22.0 Å². The second-order valence-electron chi connectivity index (χ2n) is 7.04. The van der Waals surface area contributed by atoms with Crippen molar-refractivity contribution in [3.05, 3.63) is 87.8 Å². The number of nitrogens with one attached hydrogen (secondary N) is 2. The number of hydrogen-bond acceptors (Lipinski definition) is 7. The molecule has 9 nitrogen and oxygen atoms in total. The average Bonchev–Trinajstić information content (AvgIpc) is 2.79. The molecule has 12 heteroatoms. The molecule has 34 heavy (non-hydrogen) atoms. The molecule has 0 unspecified atom stereocenters. The van der Waals surface area contributed by atoms with Gasteiger partial charge in [-0.25, -0.2) is 23.9 Å². The van der Waals surface area contributed by atoms with Crippen molar-refractivity contribution in [2.75, 3.05) is 11.8 Å². The maximum absolute atomic E-state index is 14.9. The number of fused-ring (bicyclic) bond motifs is 1. The minimum absolute atomic E-state index is 0. The number of halogens is 1. The third-order valence-corrected chi connectivity index (χ3v) is 5.95. The van der Waals surface area contributed by atoms with Crippen LogP contribution >= 0.6 is 0 Å². The molecule has 0 radical (unpaired) electrons. The van der Waals surface area contributed by atoms with Crippen LogP contribution in [0.1, 0.15) is 16.7 Å². The molecule has 0 atom stereocenters. The molecular formula is C22H20FKN4O5S. The molecular weight excluding hydrogens is 490 g/mol. The first kappa shape index (κ1) is 26.4. The van der Waals surface area contributed by atoms with Crippen molar-refractivity contribution in [2.45, 2.75) is 13.3 Å². The van der Waals surface area contributed by atoms with Crippen LogP contribution in [0.2, 0.25) is 0 Å². The zero-order valence-corrected chi connectivity index (χ0v) is 18.4. The van der Waals surface area contributed by atoms with E-state index >= 15 is 0 Å². The fraction of sp³-hybridized carbons (Fsp3) is 0.136. The molecule has 2 N–H and O–H groups in total. The molecule has 3 heterocycles. The predicted molar refractivity (Wildman–Crippen MR) is 127 cm³/mol. The van der Waals surface area contributed by atoms with Gasteiger partial charge < -0.3 is 9.15 Å². The standard InChI is InChI=1S/C22H19FN4O5S.K.H/c1-13-16-7-6-15(31-19-5-3-4-9-25-19)12-18(16)32-22(28)17(13)11-14-8-10-26-21(20(14)23)27-33(29,30)24-2;;/h3-10,12,24H,11H2,1-2H3,(H,26,27);;. The summed E-state index contributed by atoms with van der Waals surface area (Å²) in [5.41, 5.74) is 0.618. The number of ether oxygens (including phenoxy) is 1. The molecule has 4 aromatic rings. The Morgan fingerprint density at radius 3 is 2.62 bits per heavy atom. The molecule has 0 spiro atoms. The van der Waals surface area contributed by atoms with Crippen molar-refractivity contribution in [1.29, 1.82) is 0 Å². The van der Waals surface area contributed by atoms with Crippen molar-refractivity contribution in [1.82, 2.24) is 14.7 Å². The summed E-state index contributed by atoms with van der Waals surface area (Å²) >= 11 is 0. The summed E-state index contributed by atoms with van der Waals surface area (Å²) in [6, 6.07) is 11.7. The van der Waals surface area contributed by atoms with Crippen LogP contribution in [-0.4, -0.2) is 76.8 Å². The van der Waals surface area contributed by atoms with E-state index in [9.17, 15) is 17.6 Å². The van der Waals surface area contributed by atoms with Gasteiger partial charge in [-0.1, -0.05) is 6.07 Å². The van der Waals surface area contributed by atoms with E-state index in [1.54, 1.807) is 49.5 Å². The summed E-state index contributed by atoms with van der Waals surface area (Å²) in [5.74, 6) is -0.515. The Balaban J connectivity index is 0.00000324. The first-order chi connectivity index (χ1) is 15.8. The van der Waals surface area contributed by atoms with E-state index in [2.05, 4.69) is 9.97 Å². The monoisotopic (exact) mass is 510 g/mol. The Bertz CT molecular complexity index is 1500. The maximum atomic E-state index is 14.9. The van der Waals surface area contributed by atoms with Gasteiger partial charge in [-0.15, -0.1) is 0 Å². The number of pyridine rings is 2. The van der Waals surface area contributed by atoms with E-state index in [-0.39, 0.29) is 68.9 Å². The topological polar surface area (TPSA) is 123 Å². The normalized spacial score (nSPS) is 11.1. The van der Waals surface area contributed by atoms with Gasteiger partial charge >= 0.3 is 57.0 Å². The molecule has 0 fully saturated rings. The van der Waals surface area contributed by atoms with E-state index in [1.165, 1.54) is 19.3 Å². The molecule has 3 aromatic heterocycles. The number of anilines is 1. The van der Waals surface area contributed by atoms with Crippen LogP contribution in [0.25, 0.3) is 11.0 Å². The first-order valence-corrected chi connectivity index (χ1v) is 11.3. The van der Waals surface area contributed by atoms with Crippen LogP contribution in [0.15, 0.2) is 64.1 Å². The van der Waals surface area contributed by atoms with Crippen LogP contribution in [0.5, 0.6) is 11.6 Å². The van der Waals surface area contributed by atoms with Gasteiger partial charge in [0.1, 0.15) is 11.3 Å². The van der Waals surface area contributed by atoms with E-state index in [4.69, 9.17) is 9.15 Å². The molecule has 0 saturated heterocycles. The van der Waals surface area contributed by atoms with Crippen molar-refractivity contribution in [3.63, 3.8) is 0 Å². The van der Waals surface area contributed by atoms with E-state index in [1.807, 2.05) is 9.44 Å². The summed E-state index contributed by atoms with van der Waals surface area (Å²) in [6.45, 7) is 1.73. The summed E-state index contributed by atoms with van der Waals surface area (Å²) in [6.07, 6.45) is 2.74. The predicted octanol–water partition coefficient (Wildman–Crippen LogP) is 2.64. The summed E-state index contributed by atoms with van der Waals surface area (Å²) < 4.78 is 53.4. The van der Waals surface area contributed by atoms with Gasteiger partial charge in [0, 0.05) is 48.9 Å². The zero-order chi connectivity index (χ0) is 23.6. The molecule has 0 bridgehead atoms. The van der Waals surface area contributed by atoms with Crippen LogP contribution in [0.4, 0.5) is 10.2 Å². The van der Waals surface area contributed by atoms with Crippen LogP contribution in [0, 0.1) is 12.7 Å². The van der Waals surface area contributed by atoms with E-state index in [0.29, 0.717) is 28.2 Å². The summed E-state index contributed by atoms with van der Waals surface area (Å²) in [4.78, 5) is 20.5. The number of hydrogen-bond donors (Lipinski definition) is 2. The van der Waals surface area contributed by atoms with Gasteiger partial charge in [0.05, 0.1) is 0 Å². The van der Waals surface area contributed by atoms with Gasteiger partial charge in [0.2, 0.25) is 5.88 Å². The Hall–Kier alpha value is -2.19. The van der Waals surface area contributed by atoms with Crippen LogP contribution < -0.4 is 19.8 Å². The van der Waals surface area contributed by atoms with E-state index < -0.39 is 27.5 Å². The Kier molecular flexibility index (Phi) is 8.57. The van der Waals surface area contributed by atoms with Gasteiger partial charge in [0.25, 0.3) is 10.2 Å². The molecule has 0 aliphatic heterocycles. The molecule has 4 rings (SSSR count). The zero-order valence-electron chi connectivity index (χ0n) is 17.6. The number of rotatable bonds is 7. The van der Waals surface area contributed by atoms with Crippen molar-refractivity contribution in [3.8, 4) is 11.6 Å². The first-order valence-electron chi connectivity index (χ1n) is 9.77. The van der Waals surface area contributed by atoms with Crippen molar-refractivity contribution in [2.24, 2.45) is 0 Å². The third-order valence-electron chi connectivity index (χ3n) is 4.96. The number of aromatic nitrogens is 2. The van der Waals surface area contributed by atoms with Gasteiger partial charge in [0.15, 0.2) is 11.6 Å². The van der Waals surface area contributed by atoms with Crippen LogP contribution in [-0.2, 0) is 16.6 Å². The molecule has 1 aromatic carbocycles. The van der Waals surface area contributed by atoms with Gasteiger partial charge in [-0.2, -0.15) is 8.42 Å². The van der Waals surface area contributed by atoms with Crippen LogP contribution in [0.3, 0.4) is 0 Å². The quantitative estimate of drug-likeness (QED) is 0.289.